The van der Waals surface area contributed by atoms with Gasteiger partial charge in [-0.3, -0.25) is 4.79 Å². The fourth-order valence-corrected chi connectivity index (χ4v) is 0.978. The Morgan fingerprint density at radius 1 is 1.67 bits per heavy atom. The third-order valence-electron chi connectivity index (χ3n) is 1.43. The Morgan fingerprint density at radius 3 is 2.58 bits per heavy atom. The smallest absolute Gasteiger partial charge is 0.321 e. The Balaban J connectivity index is 3.52. The van der Waals surface area contributed by atoms with Gasteiger partial charge in [-0.05, 0) is 14.1 Å². The molecule has 0 spiro atoms. The standard InChI is InChI=1S/C7H16N2O2S/c1-9(2)4-3-8-6(5-12)7(10)11/h6,8,12H,3-5H2,1-2H3,(H,10,11)/t6-/m0/s1. The van der Waals surface area contributed by atoms with Gasteiger partial charge in [-0.25, -0.2) is 0 Å². The van der Waals surface area contributed by atoms with Crippen molar-refractivity contribution in [1.82, 2.24) is 10.2 Å². The van der Waals surface area contributed by atoms with Crippen molar-refractivity contribution in [3.8, 4) is 0 Å². The topological polar surface area (TPSA) is 52.6 Å². The van der Waals surface area contributed by atoms with Gasteiger partial charge in [0, 0.05) is 18.8 Å². The molecule has 0 aromatic carbocycles. The van der Waals surface area contributed by atoms with Gasteiger partial charge in [-0.15, -0.1) is 0 Å². The van der Waals surface area contributed by atoms with E-state index in [1.54, 1.807) is 0 Å². The molecule has 0 saturated carbocycles. The summed E-state index contributed by atoms with van der Waals surface area (Å²) in [7, 11) is 3.89. The molecule has 4 nitrogen and oxygen atoms in total. The lowest BCUT2D eigenvalue weighted by molar-refractivity contribution is -0.138. The molecular weight excluding hydrogens is 176 g/mol. The van der Waals surface area contributed by atoms with Crippen molar-refractivity contribution in [3.05, 3.63) is 0 Å². The van der Waals surface area contributed by atoms with Gasteiger partial charge in [0.2, 0.25) is 0 Å². The second kappa shape index (κ2) is 6.28. The maximum Gasteiger partial charge on any atom is 0.321 e. The molecule has 0 aliphatic carbocycles. The zero-order valence-electron chi connectivity index (χ0n) is 7.45. The summed E-state index contributed by atoms with van der Waals surface area (Å²) in [5.74, 6) is -0.522. The molecule has 5 heteroatoms. The van der Waals surface area contributed by atoms with E-state index in [1.807, 2.05) is 19.0 Å². The van der Waals surface area contributed by atoms with Gasteiger partial charge in [0.15, 0.2) is 0 Å². The Bertz CT molecular complexity index is 141. The van der Waals surface area contributed by atoms with E-state index in [9.17, 15) is 4.79 Å². The monoisotopic (exact) mass is 192 g/mol. The van der Waals surface area contributed by atoms with Gasteiger partial charge in [-0.1, -0.05) is 0 Å². The van der Waals surface area contributed by atoms with Crippen LogP contribution in [0.5, 0.6) is 0 Å². The van der Waals surface area contributed by atoms with Crippen molar-refractivity contribution in [2.24, 2.45) is 0 Å². The zero-order chi connectivity index (χ0) is 9.56. The lowest BCUT2D eigenvalue weighted by Crippen LogP contribution is -2.41. The molecule has 0 aliphatic rings. The summed E-state index contributed by atoms with van der Waals surface area (Å²) in [5, 5.41) is 11.5. The van der Waals surface area contributed by atoms with Crippen LogP contribution in [0.15, 0.2) is 0 Å². The van der Waals surface area contributed by atoms with Gasteiger partial charge >= 0.3 is 5.97 Å². The molecule has 0 heterocycles. The van der Waals surface area contributed by atoms with Crippen molar-refractivity contribution in [2.75, 3.05) is 32.9 Å². The predicted octanol–water partition coefficient (Wildman–Crippen LogP) is -0.479. The fraction of sp³-hybridized carbons (Fsp3) is 0.857. The summed E-state index contributed by atoms with van der Waals surface area (Å²) in [6.45, 7) is 1.50. The first-order valence-corrected chi connectivity index (χ1v) is 4.43. The van der Waals surface area contributed by atoms with Gasteiger partial charge < -0.3 is 15.3 Å². The van der Waals surface area contributed by atoms with E-state index < -0.39 is 12.0 Å². The minimum atomic E-state index is -0.844. The van der Waals surface area contributed by atoms with Crippen LogP contribution >= 0.6 is 12.6 Å². The number of carboxylic acid groups (broad SMARTS) is 1. The van der Waals surface area contributed by atoms with Crippen LogP contribution in [-0.4, -0.2) is 55.0 Å². The number of carbonyl (C=O) groups is 1. The lowest BCUT2D eigenvalue weighted by atomic mass is 10.3. The number of nitrogens with zero attached hydrogens (tertiary/aromatic N) is 1. The van der Waals surface area contributed by atoms with E-state index >= 15 is 0 Å². The SMILES string of the molecule is CN(C)CCN[C@@H](CS)C(=O)O. The summed E-state index contributed by atoms with van der Waals surface area (Å²) in [6.07, 6.45) is 0. The highest BCUT2D eigenvalue weighted by Gasteiger charge is 2.13. The van der Waals surface area contributed by atoms with E-state index in [4.69, 9.17) is 5.11 Å². The predicted molar refractivity (Wildman–Crippen MR) is 51.8 cm³/mol. The molecule has 0 saturated heterocycles. The van der Waals surface area contributed by atoms with Gasteiger partial charge in [0.25, 0.3) is 0 Å². The number of hydrogen-bond acceptors (Lipinski definition) is 4. The summed E-state index contributed by atoms with van der Waals surface area (Å²) in [4.78, 5) is 12.5. The Kier molecular flexibility index (Phi) is 6.14. The fourth-order valence-electron chi connectivity index (χ4n) is 0.692. The second-order valence-electron chi connectivity index (χ2n) is 2.83. The maximum absolute atomic E-state index is 10.5. The van der Waals surface area contributed by atoms with Crippen LogP contribution in [-0.2, 0) is 4.79 Å². The third-order valence-corrected chi connectivity index (χ3v) is 1.80. The molecule has 0 fully saturated rings. The molecule has 12 heavy (non-hydrogen) atoms. The van der Waals surface area contributed by atoms with Gasteiger partial charge in [0.1, 0.15) is 6.04 Å². The maximum atomic E-state index is 10.5. The molecular formula is C7H16N2O2S. The number of carboxylic acids is 1. The van der Waals surface area contributed by atoms with E-state index in [0.29, 0.717) is 12.3 Å². The molecule has 2 N–H and O–H groups in total. The largest absolute Gasteiger partial charge is 0.480 e. The first kappa shape index (κ1) is 11.7. The van der Waals surface area contributed by atoms with E-state index in [-0.39, 0.29) is 0 Å². The van der Waals surface area contributed by atoms with Crippen LogP contribution in [0.1, 0.15) is 0 Å². The minimum Gasteiger partial charge on any atom is -0.480 e. The molecule has 0 unspecified atom stereocenters. The molecule has 0 rings (SSSR count). The molecule has 0 aromatic heterocycles. The number of hydrogen-bond donors (Lipinski definition) is 3. The highest BCUT2D eigenvalue weighted by Crippen LogP contribution is 1.87. The van der Waals surface area contributed by atoms with E-state index in [1.165, 1.54) is 0 Å². The number of aliphatic carboxylic acids is 1. The van der Waals surface area contributed by atoms with Crippen LogP contribution < -0.4 is 5.32 Å². The van der Waals surface area contributed by atoms with Gasteiger partial charge in [-0.2, -0.15) is 12.6 Å². The molecule has 72 valence electrons. The summed E-state index contributed by atoms with van der Waals surface area (Å²) in [5.41, 5.74) is 0. The van der Waals surface area contributed by atoms with Crippen LogP contribution in [0.4, 0.5) is 0 Å². The Labute approximate surface area is 78.3 Å². The highest BCUT2D eigenvalue weighted by atomic mass is 32.1. The molecule has 0 aromatic rings. The summed E-state index contributed by atoms with van der Waals surface area (Å²) in [6, 6.07) is -0.534. The first-order valence-electron chi connectivity index (χ1n) is 3.79. The van der Waals surface area contributed by atoms with Crippen LogP contribution in [0, 0.1) is 0 Å². The van der Waals surface area contributed by atoms with Crippen molar-refractivity contribution in [1.29, 1.82) is 0 Å². The minimum absolute atomic E-state index is 0.322. The van der Waals surface area contributed by atoms with Crippen LogP contribution in [0.2, 0.25) is 0 Å². The molecule has 0 amide bonds. The second-order valence-corrected chi connectivity index (χ2v) is 3.20. The molecule has 0 bridgehead atoms. The Hall–Kier alpha value is -0.260. The normalized spacial score (nSPS) is 13.3. The average Bonchev–Trinajstić information content (AvgIpc) is 1.96. The molecule has 0 radical (unpaired) electrons. The van der Waals surface area contributed by atoms with Gasteiger partial charge in [0.05, 0.1) is 0 Å². The first-order chi connectivity index (χ1) is 5.57. The average molecular weight is 192 g/mol. The molecule has 0 aliphatic heterocycles. The number of likely N-dealkylation sites (N-methyl/N-ethyl adjacent to an activating group) is 1. The number of rotatable bonds is 6. The molecule has 1 atom stereocenters. The van der Waals surface area contributed by atoms with Crippen molar-refractivity contribution in [3.63, 3.8) is 0 Å². The number of nitrogens with one attached hydrogen (secondary N) is 1. The van der Waals surface area contributed by atoms with E-state index in [2.05, 4.69) is 17.9 Å². The van der Waals surface area contributed by atoms with Crippen molar-refractivity contribution < 1.29 is 9.90 Å². The highest BCUT2D eigenvalue weighted by molar-refractivity contribution is 7.80. The zero-order valence-corrected chi connectivity index (χ0v) is 8.34. The quantitative estimate of drug-likeness (QED) is 0.498. The third kappa shape index (κ3) is 5.40. The summed E-state index contributed by atoms with van der Waals surface area (Å²) < 4.78 is 0. The van der Waals surface area contributed by atoms with Crippen LogP contribution in [0.25, 0.3) is 0 Å². The van der Waals surface area contributed by atoms with Crippen LogP contribution in [0.3, 0.4) is 0 Å². The lowest BCUT2D eigenvalue weighted by Gasteiger charge is -2.14. The Morgan fingerprint density at radius 2 is 2.25 bits per heavy atom. The van der Waals surface area contributed by atoms with Crippen molar-refractivity contribution in [2.45, 2.75) is 6.04 Å². The number of thiol groups is 1. The van der Waals surface area contributed by atoms with E-state index in [0.717, 1.165) is 6.54 Å². The van der Waals surface area contributed by atoms with Crippen molar-refractivity contribution >= 4 is 18.6 Å². The summed E-state index contributed by atoms with van der Waals surface area (Å²) >= 11 is 3.92.